The van der Waals surface area contributed by atoms with Gasteiger partial charge < -0.3 is 10.2 Å². The van der Waals surface area contributed by atoms with Crippen LogP contribution in [0, 0.1) is 5.92 Å². The minimum absolute atomic E-state index is 0.121. The van der Waals surface area contributed by atoms with E-state index in [0.29, 0.717) is 0 Å². The van der Waals surface area contributed by atoms with E-state index in [0.717, 1.165) is 66.7 Å². The van der Waals surface area contributed by atoms with Gasteiger partial charge in [0, 0.05) is 41.5 Å². The number of hydrogen-bond donors (Lipinski definition) is 1. The predicted octanol–water partition coefficient (Wildman–Crippen LogP) is 4.28. The zero-order chi connectivity index (χ0) is 21.7. The number of nitrogens with one attached hydrogen (secondary N) is 1. The van der Waals surface area contributed by atoms with Crippen molar-refractivity contribution in [3.63, 3.8) is 0 Å². The highest BCUT2D eigenvalue weighted by atomic mass is 35.5. The lowest BCUT2D eigenvalue weighted by molar-refractivity contribution is -0.436. The summed E-state index contributed by atoms with van der Waals surface area (Å²) in [6.45, 7) is 3.45. The second kappa shape index (κ2) is 8.10. The fourth-order valence-electron chi connectivity index (χ4n) is 4.88. The Bertz CT molecular complexity index is 1230. The number of thiazole rings is 1. The van der Waals surface area contributed by atoms with Crippen molar-refractivity contribution in [3.05, 3.63) is 63.6 Å². The molecule has 4 heterocycles. The molecule has 5 nitrogen and oxygen atoms in total. The molecule has 162 valence electrons. The highest BCUT2D eigenvalue weighted by molar-refractivity contribution is 7.16. The summed E-state index contributed by atoms with van der Waals surface area (Å²) in [6, 6.07) is 14.4. The van der Waals surface area contributed by atoms with Gasteiger partial charge >= 0.3 is 0 Å². The summed E-state index contributed by atoms with van der Waals surface area (Å²) in [7, 11) is 0. The van der Waals surface area contributed by atoms with Crippen molar-refractivity contribution in [2.45, 2.75) is 19.3 Å². The molecule has 3 aromatic rings. The van der Waals surface area contributed by atoms with Crippen molar-refractivity contribution < 1.29 is 9.37 Å². The summed E-state index contributed by atoms with van der Waals surface area (Å²) in [5.74, 6) is 0.394. The molecule has 6 rings (SSSR count). The predicted molar refractivity (Wildman–Crippen MR) is 130 cm³/mol. The fourth-order valence-corrected chi connectivity index (χ4v) is 6.07. The van der Waals surface area contributed by atoms with Crippen LogP contribution in [0.3, 0.4) is 0 Å². The second-order valence-electron chi connectivity index (χ2n) is 8.65. The van der Waals surface area contributed by atoms with Gasteiger partial charge in [0.25, 0.3) is 0 Å². The van der Waals surface area contributed by atoms with Gasteiger partial charge in [0.2, 0.25) is 11.6 Å². The molecule has 1 saturated heterocycles. The molecule has 0 saturated carbocycles. The number of carbonyl (C=O) groups is 1. The summed E-state index contributed by atoms with van der Waals surface area (Å²) in [4.78, 5) is 21.0. The number of benzene rings is 2. The van der Waals surface area contributed by atoms with Gasteiger partial charge in [-0.1, -0.05) is 23.7 Å². The Morgan fingerprint density at radius 3 is 2.88 bits per heavy atom. The van der Waals surface area contributed by atoms with Crippen LogP contribution >= 0.6 is 22.9 Å². The van der Waals surface area contributed by atoms with Gasteiger partial charge in [-0.15, -0.1) is 11.3 Å². The maximum atomic E-state index is 12.9. The first-order chi connectivity index (χ1) is 15.7. The molecular weight excluding hydrogens is 440 g/mol. The molecule has 2 aromatic carbocycles. The van der Waals surface area contributed by atoms with Crippen molar-refractivity contribution >= 4 is 46.4 Å². The lowest BCUT2D eigenvalue weighted by atomic mass is 10.1. The van der Waals surface area contributed by atoms with Crippen LogP contribution in [0.2, 0.25) is 5.02 Å². The third kappa shape index (κ3) is 3.56. The van der Waals surface area contributed by atoms with Crippen molar-refractivity contribution in [2.24, 2.45) is 5.92 Å². The van der Waals surface area contributed by atoms with Gasteiger partial charge in [-0.2, -0.15) is 4.58 Å². The molecule has 3 aliphatic rings. The van der Waals surface area contributed by atoms with Crippen LogP contribution in [0.4, 0.5) is 11.4 Å². The van der Waals surface area contributed by atoms with Gasteiger partial charge in [-0.05, 0) is 43.1 Å². The Balaban J connectivity index is 1.26. The molecule has 1 aromatic heterocycles. The molecule has 1 unspecified atom stereocenters. The number of anilines is 1. The Hall–Kier alpha value is -2.54. The molecule has 1 amide bonds. The quantitative estimate of drug-likeness (QED) is 0.590. The van der Waals surface area contributed by atoms with Crippen LogP contribution in [0.5, 0.6) is 0 Å². The second-order valence-corrected chi connectivity index (χ2v) is 10.1. The van der Waals surface area contributed by atoms with Gasteiger partial charge in [-0.25, -0.2) is 4.98 Å². The topological polar surface area (TPSA) is 48.2 Å². The van der Waals surface area contributed by atoms with Crippen LogP contribution in [-0.4, -0.2) is 47.9 Å². The third-order valence-electron chi connectivity index (χ3n) is 6.65. The van der Waals surface area contributed by atoms with E-state index in [4.69, 9.17) is 16.6 Å². The summed E-state index contributed by atoms with van der Waals surface area (Å²) in [6.07, 6.45) is 5.02. The van der Waals surface area contributed by atoms with Crippen LogP contribution < -0.4 is 10.2 Å². The maximum absolute atomic E-state index is 12.9. The first-order valence-corrected chi connectivity index (χ1v) is 12.4. The summed E-state index contributed by atoms with van der Waals surface area (Å²) < 4.78 is 2.32. The highest BCUT2D eigenvalue weighted by Crippen LogP contribution is 2.35. The number of amides is 1. The van der Waals surface area contributed by atoms with Gasteiger partial charge in [0.1, 0.15) is 9.88 Å². The van der Waals surface area contributed by atoms with E-state index in [2.05, 4.69) is 34.3 Å². The molecule has 0 radical (unpaired) electrons. The molecule has 1 fully saturated rings. The number of fused-ring (bicyclic) bond motifs is 2. The van der Waals surface area contributed by atoms with Crippen LogP contribution in [0.15, 0.2) is 42.5 Å². The van der Waals surface area contributed by atoms with Crippen LogP contribution in [0.25, 0.3) is 10.6 Å². The van der Waals surface area contributed by atoms with Gasteiger partial charge in [-0.3, -0.25) is 4.79 Å². The first kappa shape index (κ1) is 20.1. The number of rotatable bonds is 3. The standard InChI is InChI=1S/C25H24ClN4OS/c26-19-3-1-16(2-4-19)24-28-21-9-11-29(15-23(21)32-24)20-5-6-22-17(13-20)8-12-30(22)25(31)18-7-10-27-14-18/h1-6,13,15,18,27H,7-12,14H2/q+1. The Morgan fingerprint density at radius 1 is 1.19 bits per heavy atom. The van der Waals surface area contributed by atoms with E-state index in [-0.39, 0.29) is 11.8 Å². The molecule has 1 N–H and O–H groups in total. The van der Waals surface area contributed by atoms with Gasteiger partial charge in [0.15, 0.2) is 12.8 Å². The van der Waals surface area contributed by atoms with Crippen LogP contribution in [0.1, 0.15) is 22.6 Å². The third-order valence-corrected chi connectivity index (χ3v) is 7.98. The lowest BCUT2D eigenvalue weighted by Gasteiger charge is -2.20. The zero-order valence-electron chi connectivity index (χ0n) is 17.7. The molecule has 3 aliphatic heterocycles. The lowest BCUT2D eigenvalue weighted by Crippen LogP contribution is -2.35. The largest absolute Gasteiger partial charge is 0.316 e. The molecule has 32 heavy (non-hydrogen) atoms. The summed E-state index contributed by atoms with van der Waals surface area (Å²) in [5.41, 5.74) is 5.82. The highest BCUT2D eigenvalue weighted by Gasteiger charge is 2.33. The summed E-state index contributed by atoms with van der Waals surface area (Å²) in [5, 5.41) is 5.08. The minimum Gasteiger partial charge on any atom is -0.316 e. The van der Waals surface area contributed by atoms with E-state index in [1.165, 1.54) is 21.8 Å². The van der Waals surface area contributed by atoms with Crippen molar-refractivity contribution in [3.8, 4) is 10.6 Å². The molecule has 0 bridgehead atoms. The fraction of sp³-hybridized carbons (Fsp3) is 0.320. The SMILES string of the molecule is O=C(C1CCNC1)N1CCc2cc([N+]3=Cc4sc(-c5ccc(Cl)cc5)nc4CC3)ccc21. The smallest absolute Gasteiger partial charge is 0.231 e. The number of nitrogens with zero attached hydrogens (tertiary/aromatic N) is 3. The maximum Gasteiger partial charge on any atom is 0.231 e. The molecule has 1 atom stereocenters. The van der Waals surface area contributed by atoms with E-state index in [1.54, 1.807) is 11.3 Å². The normalized spacial score (nSPS) is 19.6. The summed E-state index contributed by atoms with van der Waals surface area (Å²) >= 11 is 7.76. The average molecular weight is 464 g/mol. The average Bonchev–Trinajstić information content (AvgIpc) is 3.57. The Labute approximate surface area is 196 Å². The van der Waals surface area contributed by atoms with E-state index >= 15 is 0 Å². The van der Waals surface area contributed by atoms with E-state index in [9.17, 15) is 4.79 Å². The first-order valence-electron chi connectivity index (χ1n) is 11.2. The molecule has 7 heteroatoms. The van der Waals surface area contributed by atoms with Crippen molar-refractivity contribution in [1.29, 1.82) is 0 Å². The van der Waals surface area contributed by atoms with Crippen molar-refractivity contribution in [2.75, 3.05) is 31.1 Å². The Kier molecular flexibility index (Phi) is 5.09. The number of hydrogen-bond acceptors (Lipinski definition) is 4. The minimum atomic E-state index is 0.121. The number of aromatic nitrogens is 1. The van der Waals surface area contributed by atoms with Gasteiger partial charge in [0.05, 0.1) is 18.0 Å². The molecule has 0 spiro atoms. The van der Waals surface area contributed by atoms with Crippen LogP contribution in [-0.2, 0) is 17.6 Å². The number of carbonyl (C=O) groups excluding carboxylic acids is 1. The number of halogens is 1. The van der Waals surface area contributed by atoms with E-state index in [1.807, 2.05) is 29.2 Å². The Morgan fingerprint density at radius 2 is 2.06 bits per heavy atom. The monoisotopic (exact) mass is 463 g/mol. The molecular formula is C25H24ClN4OS+. The molecule has 0 aliphatic carbocycles. The van der Waals surface area contributed by atoms with Crippen molar-refractivity contribution in [1.82, 2.24) is 10.3 Å². The zero-order valence-corrected chi connectivity index (χ0v) is 19.3. The van der Waals surface area contributed by atoms with E-state index < -0.39 is 0 Å².